The van der Waals surface area contributed by atoms with Gasteiger partial charge < -0.3 is 10.3 Å². The lowest BCUT2D eigenvalue weighted by Gasteiger charge is -2.04. The topological polar surface area (TPSA) is 44.9 Å². The molecule has 0 unspecified atom stereocenters. The molecule has 0 aliphatic heterocycles. The molecule has 3 heteroatoms. The molecule has 1 heterocycles. The van der Waals surface area contributed by atoms with Crippen LogP contribution in [0.25, 0.3) is 0 Å². The van der Waals surface area contributed by atoms with E-state index in [-0.39, 0.29) is 5.91 Å². The number of aryl methyl sites for hydroxylation is 1. The number of benzene rings is 1. The maximum absolute atomic E-state index is 11.8. The van der Waals surface area contributed by atoms with Gasteiger partial charge in [-0.05, 0) is 37.1 Å². The summed E-state index contributed by atoms with van der Waals surface area (Å²) in [5.41, 5.74) is 3.08. The molecule has 17 heavy (non-hydrogen) atoms. The van der Waals surface area contributed by atoms with Gasteiger partial charge in [-0.1, -0.05) is 17.7 Å². The molecule has 1 aromatic carbocycles. The van der Waals surface area contributed by atoms with Crippen LogP contribution in [0.4, 0.5) is 0 Å². The fraction of sp³-hybridized carbons (Fsp3) is 0.214. The molecule has 0 saturated heterocycles. The molecule has 3 nitrogen and oxygen atoms in total. The van der Waals surface area contributed by atoms with E-state index in [9.17, 15) is 4.79 Å². The summed E-state index contributed by atoms with van der Waals surface area (Å²) in [4.78, 5) is 14.8. The predicted octanol–water partition coefficient (Wildman–Crippen LogP) is 2.30. The van der Waals surface area contributed by atoms with E-state index >= 15 is 0 Å². The molecule has 0 spiro atoms. The standard InChI is InChI=1S/C14H16N2O/c1-11-2-4-13(5-3-11)14(17)16-9-7-12-6-8-15-10-12/h2-6,8,10,15H,7,9H2,1H3,(H,16,17). The number of carbonyl (C=O) groups excluding carboxylic acids is 1. The van der Waals surface area contributed by atoms with Crippen LogP contribution in [0.3, 0.4) is 0 Å². The highest BCUT2D eigenvalue weighted by molar-refractivity contribution is 5.94. The van der Waals surface area contributed by atoms with E-state index < -0.39 is 0 Å². The van der Waals surface area contributed by atoms with Gasteiger partial charge in [-0.15, -0.1) is 0 Å². The third-order valence-corrected chi connectivity index (χ3v) is 2.68. The van der Waals surface area contributed by atoms with E-state index in [1.54, 1.807) is 0 Å². The van der Waals surface area contributed by atoms with E-state index in [2.05, 4.69) is 10.3 Å². The molecule has 2 aromatic rings. The van der Waals surface area contributed by atoms with Crippen LogP contribution in [0.2, 0.25) is 0 Å². The Labute approximate surface area is 101 Å². The number of hydrogen-bond donors (Lipinski definition) is 2. The summed E-state index contributed by atoms with van der Waals surface area (Å²) in [6, 6.07) is 9.60. The largest absolute Gasteiger partial charge is 0.367 e. The summed E-state index contributed by atoms with van der Waals surface area (Å²) in [6.07, 6.45) is 4.68. The fourth-order valence-corrected chi connectivity index (χ4v) is 1.64. The SMILES string of the molecule is Cc1ccc(C(=O)NCCc2cc[nH]c2)cc1. The minimum absolute atomic E-state index is 0.0134. The minimum Gasteiger partial charge on any atom is -0.367 e. The summed E-state index contributed by atoms with van der Waals surface area (Å²) in [6.45, 7) is 2.66. The second-order valence-electron chi connectivity index (χ2n) is 4.09. The highest BCUT2D eigenvalue weighted by Crippen LogP contribution is 2.03. The number of aromatic nitrogens is 1. The quantitative estimate of drug-likeness (QED) is 0.828. The van der Waals surface area contributed by atoms with E-state index in [4.69, 9.17) is 0 Å². The molecule has 0 atom stereocenters. The van der Waals surface area contributed by atoms with E-state index in [1.807, 2.05) is 49.6 Å². The average molecular weight is 228 g/mol. The van der Waals surface area contributed by atoms with Gasteiger partial charge in [0, 0.05) is 24.5 Å². The van der Waals surface area contributed by atoms with Gasteiger partial charge in [-0.25, -0.2) is 0 Å². The molecule has 0 radical (unpaired) electrons. The van der Waals surface area contributed by atoms with Crippen LogP contribution >= 0.6 is 0 Å². The number of aromatic amines is 1. The van der Waals surface area contributed by atoms with Gasteiger partial charge in [0.15, 0.2) is 0 Å². The van der Waals surface area contributed by atoms with Crippen molar-refractivity contribution < 1.29 is 4.79 Å². The number of rotatable bonds is 4. The smallest absolute Gasteiger partial charge is 0.251 e. The lowest BCUT2D eigenvalue weighted by atomic mass is 10.1. The molecular formula is C14H16N2O. The average Bonchev–Trinajstić information content (AvgIpc) is 2.83. The molecule has 2 N–H and O–H groups in total. The van der Waals surface area contributed by atoms with Crippen LogP contribution in [0.5, 0.6) is 0 Å². The first kappa shape index (κ1) is 11.5. The molecule has 0 fully saturated rings. The van der Waals surface area contributed by atoms with Gasteiger partial charge in [0.05, 0.1) is 0 Å². The molecule has 1 aromatic heterocycles. The van der Waals surface area contributed by atoms with Gasteiger partial charge in [0.1, 0.15) is 0 Å². The van der Waals surface area contributed by atoms with Gasteiger partial charge >= 0.3 is 0 Å². The van der Waals surface area contributed by atoms with Crippen molar-refractivity contribution >= 4 is 5.91 Å². The van der Waals surface area contributed by atoms with Gasteiger partial charge in [0.2, 0.25) is 0 Å². The third-order valence-electron chi connectivity index (χ3n) is 2.68. The first-order chi connectivity index (χ1) is 8.25. The van der Waals surface area contributed by atoms with Crippen molar-refractivity contribution in [1.29, 1.82) is 0 Å². The first-order valence-corrected chi connectivity index (χ1v) is 5.72. The Kier molecular flexibility index (Phi) is 3.60. The predicted molar refractivity (Wildman–Crippen MR) is 68.0 cm³/mol. The van der Waals surface area contributed by atoms with Crippen molar-refractivity contribution in [3.8, 4) is 0 Å². The maximum atomic E-state index is 11.8. The second-order valence-corrected chi connectivity index (χ2v) is 4.09. The minimum atomic E-state index is -0.0134. The molecule has 1 amide bonds. The molecule has 0 bridgehead atoms. The summed E-state index contributed by atoms with van der Waals surface area (Å²) < 4.78 is 0. The highest BCUT2D eigenvalue weighted by Gasteiger charge is 2.03. The Bertz CT molecular complexity index is 471. The number of nitrogens with one attached hydrogen (secondary N) is 2. The zero-order valence-electron chi connectivity index (χ0n) is 9.86. The van der Waals surface area contributed by atoms with Crippen molar-refractivity contribution in [3.05, 3.63) is 59.4 Å². The summed E-state index contributed by atoms with van der Waals surface area (Å²) in [7, 11) is 0. The van der Waals surface area contributed by atoms with Crippen LogP contribution in [0.1, 0.15) is 21.5 Å². The third kappa shape index (κ3) is 3.21. The Morgan fingerprint density at radius 1 is 1.24 bits per heavy atom. The Hall–Kier alpha value is -2.03. The highest BCUT2D eigenvalue weighted by atomic mass is 16.1. The van der Waals surface area contributed by atoms with Crippen LogP contribution < -0.4 is 5.32 Å². The van der Waals surface area contributed by atoms with Crippen molar-refractivity contribution in [3.63, 3.8) is 0 Å². The van der Waals surface area contributed by atoms with E-state index in [0.29, 0.717) is 12.1 Å². The van der Waals surface area contributed by atoms with E-state index in [1.165, 1.54) is 5.56 Å². The summed E-state index contributed by atoms with van der Waals surface area (Å²) in [5, 5.41) is 2.90. The second kappa shape index (κ2) is 5.34. The normalized spacial score (nSPS) is 10.2. The van der Waals surface area contributed by atoms with Gasteiger partial charge in [-0.3, -0.25) is 4.79 Å². The van der Waals surface area contributed by atoms with Crippen LogP contribution in [-0.4, -0.2) is 17.4 Å². The van der Waals surface area contributed by atoms with Crippen molar-refractivity contribution in [1.82, 2.24) is 10.3 Å². The van der Waals surface area contributed by atoms with Crippen molar-refractivity contribution in [2.75, 3.05) is 6.54 Å². The monoisotopic (exact) mass is 228 g/mol. The van der Waals surface area contributed by atoms with Crippen molar-refractivity contribution in [2.24, 2.45) is 0 Å². The number of carbonyl (C=O) groups is 1. The Balaban J connectivity index is 1.83. The summed E-state index contributed by atoms with van der Waals surface area (Å²) in [5.74, 6) is -0.0134. The maximum Gasteiger partial charge on any atom is 0.251 e. The van der Waals surface area contributed by atoms with Gasteiger partial charge in [0.25, 0.3) is 5.91 Å². The lowest BCUT2D eigenvalue weighted by molar-refractivity contribution is 0.0954. The van der Waals surface area contributed by atoms with Crippen molar-refractivity contribution in [2.45, 2.75) is 13.3 Å². The van der Waals surface area contributed by atoms with E-state index in [0.717, 1.165) is 12.0 Å². The zero-order chi connectivity index (χ0) is 12.1. The Morgan fingerprint density at radius 3 is 2.65 bits per heavy atom. The molecule has 0 saturated carbocycles. The molecular weight excluding hydrogens is 212 g/mol. The van der Waals surface area contributed by atoms with Crippen LogP contribution in [-0.2, 0) is 6.42 Å². The number of hydrogen-bond acceptors (Lipinski definition) is 1. The molecule has 0 aliphatic rings. The number of amides is 1. The molecule has 88 valence electrons. The van der Waals surface area contributed by atoms with Crippen LogP contribution in [0, 0.1) is 6.92 Å². The molecule has 0 aliphatic carbocycles. The van der Waals surface area contributed by atoms with Crippen LogP contribution in [0.15, 0.2) is 42.7 Å². The number of H-pyrrole nitrogens is 1. The fourth-order valence-electron chi connectivity index (χ4n) is 1.64. The zero-order valence-corrected chi connectivity index (χ0v) is 9.86. The molecule has 2 rings (SSSR count). The lowest BCUT2D eigenvalue weighted by Crippen LogP contribution is -2.25. The van der Waals surface area contributed by atoms with Gasteiger partial charge in [-0.2, -0.15) is 0 Å². The summed E-state index contributed by atoms with van der Waals surface area (Å²) >= 11 is 0. The first-order valence-electron chi connectivity index (χ1n) is 5.72. The Morgan fingerprint density at radius 2 is 2.00 bits per heavy atom.